The predicted molar refractivity (Wildman–Crippen MR) is 96.6 cm³/mol. The third-order valence-electron chi connectivity index (χ3n) is 4.61. The molecular formula is C19H24N4O2. The van der Waals surface area contributed by atoms with Crippen molar-refractivity contribution in [2.24, 2.45) is 0 Å². The molecule has 1 aliphatic heterocycles. The van der Waals surface area contributed by atoms with Crippen LogP contribution in [-0.4, -0.2) is 58.4 Å². The first-order chi connectivity index (χ1) is 12.2. The molecule has 2 heterocycles. The van der Waals surface area contributed by atoms with E-state index in [9.17, 15) is 9.59 Å². The first kappa shape index (κ1) is 17.4. The highest BCUT2D eigenvalue weighted by atomic mass is 16.2. The van der Waals surface area contributed by atoms with Crippen LogP contribution in [0.15, 0.2) is 47.7 Å². The van der Waals surface area contributed by atoms with E-state index in [0.29, 0.717) is 13.1 Å². The maximum Gasteiger partial charge on any atom is 0.263 e. The van der Waals surface area contributed by atoms with E-state index in [1.165, 1.54) is 18.1 Å². The number of rotatable bonds is 5. The van der Waals surface area contributed by atoms with E-state index in [1.807, 2.05) is 6.07 Å². The van der Waals surface area contributed by atoms with Gasteiger partial charge in [-0.15, -0.1) is 0 Å². The summed E-state index contributed by atoms with van der Waals surface area (Å²) in [4.78, 5) is 34.8. The summed E-state index contributed by atoms with van der Waals surface area (Å²) in [5, 5.41) is 0. The molecule has 1 aromatic carbocycles. The van der Waals surface area contributed by atoms with Crippen LogP contribution in [0.25, 0.3) is 0 Å². The summed E-state index contributed by atoms with van der Waals surface area (Å²) in [5.74, 6) is -0.222. The van der Waals surface area contributed by atoms with Gasteiger partial charge < -0.3 is 14.8 Å². The smallest absolute Gasteiger partial charge is 0.263 e. The van der Waals surface area contributed by atoms with Gasteiger partial charge in [-0.3, -0.25) is 9.59 Å². The average molecular weight is 340 g/mol. The Bertz CT molecular complexity index is 744. The number of nitrogens with one attached hydrogen (secondary N) is 1. The van der Waals surface area contributed by atoms with Crippen molar-refractivity contribution < 1.29 is 4.79 Å². The fourth-order valence-corrected chi connectivity index (χ4v) is 3.22. The van der Waals surface area contributed by atoms with Crippen LogP contribution in [0.3, 0.4) is 0 Å². The fraction of sp³-hybridized carbons (Fsp3) is 0.421. The largest absolute Gasteiger partial charge is 0.337 e. The number of nitrogens with zero attached hydrogens (tertiary/aromatic N) is 3. The van der Waals surface area contributed by atoms with Gasteiger partial charge in [0.15, 0.2) is 0 Å². The minimum atomic E-state index is -0.371. The molecule has 3 rings (SSSR count). The molecule has 1 saturated heterocycles. The Labute approximate surface area is 147 Å². The van der Waals surface area contributed by atoms with Gasteiger partial charge in [0.25, 0.3) is 11.5 Å². The van der Waals surface area contributed by atoms with Crippen molar-refractivity contribution in [1.82, 2.24) is 19.8 Å². The molecule has 0 spiro atoms. The minimum absolute atomic E-state index is 0.125. The summed E-state index contributed by atoms with van der Waals surface area (Å²) in [6, 6.07) is 10.5. The molecule has 1 aromatic heterocycles. The second-order valence-electron chi connectivity index (χ2n) is 6.37. The van der Waals surface area contributed by atoms with Crippen molar-refractivity contribution in [3.63, 3.8) is 0 Å². The van der Waals surface area contributed by atoms with Gasteiger partial charge in [-0.05, 0) is 37.9 Å². The molecule has 0 atom stereocenters. The van der Waals surface area contributed by atoms with Gasteiger partial charge in [-0.1, -0.05) is 30.3 Å². The number of amides is 1. The second kappa shape index (κ2) is 8.58. The molecule has 6 heteroatoms. The molecule has 1 fully saturated rings. The Morgan fingerprint density at radius 3 is 2.76 bits per heavy atom. The standard InChI is InChI=1S/C19H24N4O2/c24-18-17(14-20-15-21-18)19(25)23-11-5-10-22(12-13-23)9-4-8-16-6-2-1-3-7-16/h1-3,6-7,14-15H,4-5,8-13H2,(H,20,21,24). The highest BCUT2D eigenvalue weighted by Crippen LogP contribution is 2.09. The van der Waals surface area contributed by atoms with Crippen LogP contribution in [0.4, 0.5) is 0 Å². The van der Waals surface area contributed by atoms with Crippen molar-refractivity contribution >= 4 is 5.91 Å². The maximum atomic E-state index is 12.5. The van der Waals surface area contributed by atoms with Crippen molar-refractivity contribution in [3.05, 3.63) is 64.3 Å². The highest BCUT2D eigenvalue weighted by molar-refractivity contribution is 5.93. The lowest BCUT2D eigenvalue weighted by Gasteiger charge is -2.21. The van der Waals surface area contributed by atoms with Crippen molar-refractivity contribution in [2.45, 2.75) is 19.3 Å². The van der Waals surface area contributed by atoms with Crippen molar-refractivity contribution in [2.75, 3.05) is 32.7 Å². The monoisotopic (exact) mass is 340 g/mol. The van der Waals surface area contributed by atoms with Crippen LogP contribution in [0.2, 0.25) is 0 Å². The molecule has 0 bridgehead atoms. The van der Waals surface area contributed by atoms with Crippen LogP contribution < -0.4 is 5.56 Å². The zero-order chi connectivity index (χ0) is 17.5. The zero-order valence-electron chi connectivity index (χ0n) is 14.4. The van der Waals surface area contributed by atoms with Crippen LogP contribution >= 0.6 is 0 Å². The Kier molecular flexibility index (Phi) is 5.95. The molecule has 0 unspecified atom stereocenters. The molecular weight excluding hydrogens is 316 g/mol. The molecule has 0 radical (unpaired) electrons. The maximum absolute atomic E-state index is 12.5. The first-order valence-corrected chi connectivity index (χ1v) is 8.82. The van der Waals surface area contributed by atoms with Gasteiger partial charge >= 0.3 is 0 Å². The van der Waals surface area contributed by atoms with Gasteiger partial charge in [0.05, 0.1) is 6.33 Å². The van der Waals surface area contributed by atoms with Gasteiger partial charge in [-0.25, -0.2) is 4.98 Å². The molecule has 6 nitrogen and oxygen atoms in total. The number of H-pyrrole nitrogens is 1. The van der Waals surface area contributed by atoms with E-state index >= 15 is 0 Å². The fourth-order valence-electron chi connectivity index (χ4n) is 3.22. The number of benzene rings is 1. The number of aryl methyl sites for hydroxylation is 1. The molecule has 25 heavy (non-hydrogen) atoms. The summed E-state index contributed by atoms with van der Waals surface area (Å²) >= 11 is 0. The highest BCUT2D eigenvalue weighted by Gasteiger charge is 2.22. The summed E-state index contributed by atoms with van der Waals surface area (Å²) < 4.78 is 0. The lowest BCUT2D eigenvalue weighted by atomic mass is 10.1. The van der Waals surface area contributed by atoms with Gasteiger partial charge in [0.1, 0.15) is 5.56 Å². The normalized spacial score (nSPS) is 15.8. The third kappa shape index (κ3) is 4.76. The predicted octanol–water partition coefficient (Wildman–Crippen LogP) is 1.55. The molecule has 1 aliphatic rings. The van der Waals surface area contributed by atoms with Gasteiger partial charge in [-0.2, -0.15) is 0 Å². The van der Waals surface area contributed by atoms with Gasteiger partial charge in [0.2, 0.25) is 0 Å². The Balaban J connectivity index is 1.49. The minimum Gasteiger partial charge on any atom is -0.337 e. The van der Waals surface area contributed by atoms with E-state index < -0.39 is 0 Å². The van der Waals surface area contributed by atoms with Crippen molar-refractivity contribution in [3.8, 4) is 0 Å². The summed E-state index contributed by atoms with van der Waals surface area (Å²) in [6.45, 7) is 4.20. The molecule has 1 amide bonds. The number of hydrogen-bond donors (Lipinski definition) is 1. The van der Waals surface area contributed by atoms with Crippen LogP contribution in [-0.2, 0) is 6.42 Å². The van der Waals surface area contributed by atoms with Gasteiger partial charge in [0, 0.05) is 25.8 Å². The number of aromatic nitrogens is 2. The lowest BCUT2D eigenvalue weighted by molar-refractivity contribution is 0.0759. The zero-order valence-corrected chi connectivity index (χ0v) is 14.4. The van der Waals surface area contributed by atoms with E-state index in [2.05, 4.69) is 39.1 Å². The molecule has 132 valence electrons. The van der Waals surface area contributed by atoms with Crippen molar-refractivity contribution in [1.29, 1.82) is 0 Å². The molecule has 1 N–H and O–H groups in total. The topological polar surface area (TPSA) is 69.3 Å². The van der Waals surface area contributed by atoms with Crippen LogP contribution in [0.5, 0.6) is 0 Å². The number of aromatic amines is 1. The molecule has 0 aliphatic carbocycles. The molecule has 0 saturated carbocycles. The first-order valence-electron chi connectivity index (χ1n) is 8.82. The summed E-state index contributed by atoms with van der Waals surface area (Å²) in [6.07, 6.45) is 5.76. The van der Waals surface area contributed by atoms with E-state index in [4.69, 9.17) is 0 Å². The number of carbonyl (C=O) groups excluding carboxylic acids is 1. The van der Waals surface area contributed by atoms with E-state index in [-0.39, 0.29) is 17.0 Å². The Morgan fingerprint density at radius 2 is 1.96 bits per heavy atom. The Hall–Kier alpha value is -2.47. The quantitative estimate of drug-likeness (QED) is 0.897. The van der Waals surface area contributed by atoms with Crippen LogP contribution in [0.1, 0.15) is 28.8 Å². The summed E-state index contributed by atoms with van der Waals surface area (Å²) in [5.41, 5.74) is 1.12. The number of hydrogen-bond acceptors (Lipinski definition) is 4. The lowest BCUT2D eigenvalue weighted by Crippen LogP contribution is -2.38. The second-order valence-corrected chi connectivity index (χ2v) is 6.37. The SMILES string of the molecule is O=C(c1cnc[nH]c1=O)N1CCCN(CCCc2ccccc2)CC1. The van der Waals surface area contributed by atoms with E-state index in [1.54, 1.807) is 4.90 Å². The molecule has 2 aromatic rings. The third-order valence-corrected chi connectivity index (χ3v) is 4.61. The number of carbonyl (C=O) groups is 1. The average Bonchev–Trinajstić information content (AvgIpc) is 2.88. The summed E-state index contributed by atoms with van der Waals surface area (Å²) in [7, 11) is 0. The van der Waals surface area contributed by atoms with E-state index in [0.717, 1.165) is 38.9 Å². The Morgan fingerprint density at radius 1 is 1.12 bits per heavy atom. The van der Waals surface area contributed by atoms with Crippen LogP contribution in [0, 0.1) is 0 Å².